The molecule has 12 heavy (non-hydrogen) atoms. The highest BCUT2D eigenvalue weighted by Gasteiger charge is 2.44. The van der Waals surface area contributed by atoms with Crippen LogP contribution in [-0.2, 0) is 0 Å². The molecule has 66 valence electrons. The van der Waals surface area contributed by atoms with Gasteiger partial charge in [-0.15, -0.1) is 0 Å². The molecular weight excluding hydrogens is 160 g/mol. The molecule has 2 rings (SSSR count). The van der Waals surface area contributed by atoms with E-state index in [0.29, 0.717) is 6.54 Å². The van der Waals surface area contributed by atoms with E-state index in [1.165, 1.54) is 0 Å². The maximum atomic E-state index is 11.1. The molecule has 4 amide bonds. The molecule has 0 aromatic heterocycles. The van der Waals surface area contributed by atoms with Crippen molar-refractivity contribution in [2.45, 2.75) is 19.3 Å². The molecule has 3 N–H and O–H groups in total. The predicted molar refractivity (Wildman–Crippen MR) is 40.2 cm³/mol. The molecule has 2 saturated heterocycles. The van der Waals surface area contributed by atoms with Gasteiger partial charge in [-0.2, -0.15) is 0 Å². The summed E-state index contributed by atoms with van der Waals surface area (Å²) < 4.78 is 0. The van der Waals surface area contributed by atoms with E-state index in [0.717, 1.165) is 0 Å². The molecule has 6 nitrogen and oxygen atoms in total. The van der Waals surface area contributed by atoms with E-state index in [4.69, 9.17) is 0 Å². The maximum absolute atomic E-state index is 11.1. The van der Waals surface area contributed by atoms with Crippen LogP contribution in [0.25, 0.3) is 0 Å². The minimum Gasteiger partial charge on any atom is -0.314 e. The Morgan fingerprint density at radius 3 is 2.75 bits per heavy atom. The fourth-order valence-electron chi connectivity index (χ4n) is 1.53. The standard InChI is InChI=1S/C6H10N4O2/c1-2-10-4-3(8-6(10)12)7-5(11)9-4/h3-4H,2H2,1H3,(H,8,12)(H2,7,9,11)/t3-,4-/m0/s1. The number of hydrogen-bond acceptors (Lipinski definition) is 2. The molecule has 0 aromatic rings. The Kier molecular flexibility index (Phi) is 1.36. The summed E-state index contributed by atoms with van der Waals surface area (Å²) in [6.07, 6.45) is -0.500. The van der Waals surface area contributed by atoms with Gasteiger partial charge in [0.2, 0.25) is 0 Å². The van der Waals surface area contributed by atoms with Gasteiger partial charge in [0.05, 0.1) is 0 Å². The number of hydrogen-bond donors (Lipinski definition) is 3. The van der Waals surface area contributed by atoms with Crippen molar-refractivity contribution in [3.63, 3.8) is 0 Å². The first-order valence-corrected chi connectivity index (χ1v) is 3.86. The van der Waals surface area contributed by atoms with Crippen LogP contribution in [0.15, 0.2) is 0 Å². The van der Waals surface area contributed by atoms with Crippen LogP contribution >= 0.6 is 0 Å². The van der Waals surface area contributed by atoms with E-state index in [9.17, 15) is 9.59 Å². The zero-order valence-electron chi connectivity index (χ0n) is 6.63. The van der Waals surface area contributed by atoms with Crippen molar-refractivity contribution in [3.05, 3.63) is 0 Å². The lowest BCUT2D eigenvalue weighted by atomic mass is 10.4. The summed E-state index contributed by atoms with van der Waals surface area (Å²) in [5.41, 5.74) is 0. The number of nitrogens with one attached hydrogen (secondary N) is 3. The van der Waals surface area contributed by atoms with Gasteiger partial charge in [0, 0.05) is 6.54 Å². The number of carbonyl (C=O) groups is 2. The second kappa shape index (κ2) is 2.26. The van der Waals surface area contributed by atoms with Gasteiger partial charge in [-0.25, -0.2) is 9.59 Å². The third kappa shape index (κ3) is 0.806. The van der Waals surface area contributed by atoms with Gasteiger partial charge in [-0.1, -0.05) is 0 Å². The van der Waals surface area contributed by atoms with E-state index in [1.54, 1.807) is 4.90 Å². The molecule has 2 heterocycles. The van der Waals surface area contributed by atoms with Crippen LogP contribution in [0.1, 0.15) is 6.92 Å². The minimum absolute atomic E-state index is 0.139. The molecule has 0 bridgehead atoms. The second-order valence-corrected chi connectivity index (χ2v) is 2.78. The molecular formula is C6H10N4O2. The Hall–Kier alpha value is -1.46. The average molecular weight is 170 g/mol. The van der Waals surface area contributed by atoms with Crippen LogP contribution in [0, 0.1) is 0 Å². The lowest BCUT2D eigenvalue weighted by Crippen LogP contribution is -2.43. The van der Waals surface area contributed by atoms with E-state index < -0.39 is 0 Å². The highest BCUT2D eigenvalue weighted by molar-refractivity contribution is 5.84. The van der Waals surface area contributed by atoms with Crippen LogP contribution in [-0.4, -0.2) is 35.8 Å². The van der Waals surface area contributed by atoms with Crippen molar-refractivity contribution in [2.75, 3.05) is 6.54 Å². The van der Waals surface area contributed by atoms with Crippen molar-refractivity contribution in [3.8, 4) is 0 Å². The SMILES string of the molecule is CCN1C(=O)N[C@@H]2NC(=O)N[C@H]21. The lowest BCUT2D eigenvalue weighted by Gasteiger charge is -2.18. The van der Waals surface area contributed by atoms with Crippen LogP contribution in [0.2, 0.25) is 0 Å². The minimum atomic E-state index is -0.273. The van der Waals surface area contributed by atoms with Crippen molar-refractivity contribution in [1.82, 2.24) is 20.9 Å². The van der Waals surface area contributed by atoms with Crippen molar-refractivity contribution < 1.29 is 9.59 Å². The molecule has 0 spiro atoms. The van der Waals surface area contributed by atoms with Crippen molar-refractivity contribution in [2.24, 2.45) is 0 Å². The monoisotopic (exact) mass is 170 g/mol. The molecule has 2 aliphatic rings. The first-order valence-electron chi connectivity index (χ1n) is 3.86. The molecule has 0 saturated carbocycles. The molecule has 2 aliphatic heterocycles. The molecule has 2 fully saturated rings. The fourth-order valence-corrected chi connectivity index (χ4v) is 1.53. The maximum Gasteiger partial charge on any atom is 0.320 e. The normalized spacial score (nSPS) is 32.6. The van der Waals surface area contributed by atoms with Gasteiger partial charge < -0.3 is 20.9 Å². The Morgan fingerprint density at radius 2 is 2.08 bits per heavy atom. The first-order chi connectivity index (χ1) is 5.72. The summed E-state index contributed by atoms with van der Waals surface area (Å²) in [7, 11) is 0. The Bertz CT molecular complexity index is 242. The second-order valence-electron chi connectivity index (χ2n) is 2.78. The molecule has 0 radical (unpaired) electrons. The van der Waals surface area contributed by atoms with Gasteiger partial charge in [-0.3, -0.25) is 0 Å². The Morgan fingerprint density at radius 1 is 1.33 bits per heavy atom. The summed E-state index contributed by atoms with van der Waals surface area (Å²) >= 11 is 0. The van der Waals surface area contributed by atoms with E-state index in [2.05, 4.69) is 16.0 Å². The summed E-state index contributed by atoms with van der Waals surface area (Å²) in [5.74, 6) is 0. The first kappa shape index (κ1) is 7.20. The summed E-state index contributed by atoms with van der Waals surface area (Å²) in [6.45, 7) is 2.46. The number of rotatable bonds is 1. The Labute approximate surface area is 69.3 Å². The van der Waals surface area contributed by atoms with Gasteiger partial charge >= 0.3 is 12.1 Å². The van der Waals surface area contributed by atoms with E-state index in [-0.39, 0.29) is 24.4 Å². The lowest BCUT2D eigenvalue weighted by molar-refractivity contribution is 0.200. The Balaban J connectivity index is 2.16. The van der Waals surface area contributed by atoms with Crippen molar-refractivity contribution in [1.29, 1.82) is 0 Å². The third-order valence-electron chi connectivity index (χ3n) is 2.10. The topological polar surface area (TPSA) is 73.5 Å². The molecule has 6 heteroatoms. The van der Waals surface area contributed by atoms with Gasteiger partial charge in [0.1, 0.15) is 12.3 Å². The van der Waals surface area contributed by atoms with Crippen LogP contribution in [0.3, 0.4) is 0 Å². The highest BCUT2D eigenvalue weighted by Crippen LogP contribution is 2.12. The van der Waals surface area contributed by atoms with Gasteiger partial charge in [0.25, 0.3) is 0 Å². The average Bonchev–Trinajstić information content (AvgIpc) is 2.43. The summed E-state index contributed by atoms with van der Waals surface area (Å²) in [5, 5.41) is 7.87. The number of amides is 4. The van der Waals surface area contributed by atoms with E-state index in [1.807, 2.05) is 6.92 Å². The predicted octanol–water partition coefficient (Wildman–Crippen LogP) is -1.00. The van der Waals surface area contributed by atoms with Crippen LogP contribution < -0.4 is 16.0 Å². The molecule has 0 unspecified atom stereocenters. The quantitative estimate of drug-likeness (QED) is 0.472. The highest BCUT2D eigenvalue weighted by atomic mass is 16.2. The van der Waals surface area contributed by atoms with Crippen molar-refractivity contribution >= 4 is 12.1 Å². The summed E-state index contributed by atoms with van der Waals surface area (Å²) in [6, 6.07) is -0.372. The van der Waals surface area contributed by atoms with Crippen LogP contribution in [0.5, 0.6) is 0 Å². The largest absolute Gasteiger partial charge is 0.320 e. The number of likely N-dealkylation sites (N-methyl/N-ethyl adjacent to an activating group) is 1. The van der Waals surface area contributed by atoms with E-state index >= 15 is 0 Å². The molecule has 0 aliphatic carbocycles. The third-order valence-corrected chi connectivity index (χ3v) is 2.10. The molecule has 0 aromatic carbocycles. The zero-order chi connectivity index (χ0) is 8.72. The molecule has 2 atom stereocenters. The summed E-state index contributed by atoms with van der Waals surface area (Å²) in [4.78, 5) is 23.5. The smallest absolute Gasteiger partial charge is 0.314 e. The van der Waals surface area contributed by atoms with Gasteiger partial charge in [0.15, 0.2) is 0 Å². The van der Waals surface area contributed by atoms with Gasteiger partial charge in [-0.05, 0) is 6.92 Å². The number of urea groups is 2. The number of fused-ring (bicyclic) bond motifs is 1. The van der Waals surface area contributed by atoms with Crippen LogP contribution in [0.4, 0.5) is 9.59 Å². The number of nitrogens with zero attached hydrogens (tertiary/aromatic N) is 1. The zero-order valence-corrected chi connectivity index (χ0v) is 6.63. The number of carbonyl (C=O) groups excluding carboxylic acids is 2. The fraction of sp³-hybridized carbons (Fsp3) is 0.667.